The minimum Gasteiger partial charge on any atom is -0.326 e. The molecule has 4 aromatic rings. The number of carbonyl (C=O) groups is 1. The Kier molecular flexibility index (Phi) is 5.04. The number of hydrogen-bond donors (Lipinski definition) is 2. The predicted octanol–water partition coefficient (Wildman–Crippen LogP) is 4.72. The summed E-state index contributed by atoms with van der Waals surface area (Å²) in [5.41, 5.74) is 2.74. The zero-order valence-corrected chi connectivity index (χ0v) is 17.0. The summed E-state index contributed by atoms with van der Waals surface area (Å²) in [4.78, 5) is 15.8. The van der Waals surface area contributed by atoms with Crippen LogP contribution in [0.1, 0.15) is 6.92 Å². The Morgan fingerprint density at radius 2 is 1.69 bits per heavy atom. The highest BCUT2D eigenvalue weighted by atomic mass is 32.2. The van der Waals surface area contributed by atoms with Crippen molar-refractivity contribution in [1.29, 1.82) is 0 Å². The number of benzene rings is 3. The van der Waals surface area contributed by atoms with Gasteiger partial charge in [0.25, 0.3) is 10.0 Å². The molecule has 4 rings (SSSR count). The average Bonchev–Trinajstić information content (AvgIpc) is 3.12. The summed E-state index contributed by atoms with van der Waals surface area (Å²) in [7, 11) is -3.76. The van der Waals surface area contributed by atoms with Gasteiger partial charge in [0.15, 0.2) is 0 Å². The topological polar surface area (TPSA) is 88.2 Å². The number of carbonyl (C=O) groups excluding carboxylic acids is 1. The van der Waals surface area contributed by atoms with Gasteiger partial charge in [-0.05, 0) is 48.5 Å². The molecule has 0 spiro atoms. The van der Waals surface area contributed by atoms with E-state index in [4.69, 9.17) is 0 Å². The molecule has 1 amide bonds. The third kappa shape index (κ3) is 4.28. The molecule has 1 aromatic heterocycles. The lowest BCUT2D eigenvalue weighted by atomic mass is 10.2. The Labute approximate surface area is 172 Å². The van der Waals surface area contributed by atoms with Gasteiger partial charge in [0.1, 0.15) is 5.01 Å². The number of nitrogens with one attached hydrogen (secondary N) is 2. The fraction of sp³-hybridized carbons (Fsp3) is 0.0476. The summed E-state index contributed by atoms with van der Waals surface area (Å²) < 4.78 is 29.1. The molecule has 0 atom stereocenters. The van der Waals surface area contributed by atoms with E-state index in [0.717, 1.165) is 20.8 Å². The quantitative estimate of drug-likeness (QED) is 0.486. The van der Waals surface area contributed by atoms with Crippen LogP contribution in [0.5, 0.6) is 0 Å². The molecule has 1 heterocycles. The SMILES string of the molecule is CC(=O)Nc1ccc(S(=O)(=O)Nc2cccc(-c3nc4ccccc4s3)c2)cc1. The van der Waals surface area contributed by atoms with E-state index in [0.29, 0.717) is 11.4 Å². The molecule has 146 valence electrons. The van der Waals surface area contributed by atoms with Crippen LogP contribution >= 0.6 is 11.3 Å². The number of aromatic nitrogens is 1. The molecule has 2 N–H and O–H groups in total. The van der Waals surface area contributed by atoms with E-state index < -0.39 is 10.0 Å². The number of fused-ring (bicyclic) bond motifs is 1. The van der Waals surface area contributed by atoms with Gasteiger partial charge in [0, 0.05) is 23.9 Å². The molecule has 0 aliphatic heterocycles. The van der Waals surface area contributed by atoms with E-state index in [2.05, 4.69) is 15.0 Å². The third-order valence-corrected chi connectivity index (χ3v) is 6.62. The Morgan fingerprint density at radius 3 is 2.41 bits per heavy atom. The molecule has 0 fully saturated rings. The summed E-state index contributed by atoms with van der Waals surface area (Å²) in [6.07, 6.45) is 0. The molecule has 0 unspecified atom stereocenters. The van der Waals surface area contributed by atoms with Gasteiger partial charge in [-0.15, -0.1) is 11.3 Å². The smallest absolute Gasteiger partial charge is 0.261 e. The summed E-state index contributed by atoms with van der Waals surface area (Å²) >= 11 is 1.56. The highest BCUT2D eigenvalue weighted by Gasteiger charge is 2.15. The molecule has 0 aliphatic rings. The lowest BCUT2D eigenvalue weighted by Crippen LogP contribution is -2.13. The number of para-hydroxylation sites is 1. The number of thiazole rings is 1. The van der Waals surface area contributed by atoms with E-state index in [1.165, 1.54) is 19.1 Å². The second-order valence-electron chi connectivity index (χ2n) is 6.38. The molecule has 0 bridgehead atoms. The van der Waals surface area contributed by atoms with Crippen molar-refractivity contribution in [2.45, 2.75) is 11.8 Å². The monoisotopic (exact) mass is 423 g/mol. The third-order valence-electron chi connectivity index (χ3n) is 4.14. The molecule has 0 saturated heterocycles. The lowest BCUT2D eigenvalue weighted by Gasteiger charge is -2.10. The summed E-state index contributed by atoms with van der Waals surface area (Å²) in [6.45, 7) is 1.39. The van der Waals surface area contributed by atoms with Crippen molar-refractivity contribution in [3.63, 3.8) is 0 Å². The van der Waals surface area contributed by atoms with E-state index in [1.54, 1.807) is 41.7 Å². The molecule has 0 saturated carbocycles. The van der Waals surface area contributed by atoms with Gasteiger partial charge in [-0.2, -0.15) is 0 Å². The standard InChI is InChI=1S/C21H17N3O3S2/c1-14(25)22-16-9-11-18(12-10-16)29(26,27)24-17-6-4-5-15(13-17)21-23-19-7-2-3-8-20(19)28-21/h2-13,24H,1H3,(H,22,25). The molecular weight excluding hydrogens is 406 g/mol. The Balaban J connectivity index is 1.59. The first kappa shape index (κ1) is 19.1. The Bertz CT molecular complexity index is 1260. The van der Waals surface area contributed by atoms with E-state index in [-0.39, 0.29) is 10.8 Å². The maximum atomic E-state index is 12.7. The first-order valence-electron chi connectivity index (χ1n) is 8.77. The minimum atomic E-state index is -3.76. The number of anilines is 2. The number of hydrogen-bond acceptors (Lipinski definition) is 5. The number of sulfonamides is 1. The van der Waals surface area contributed by atoms with Crippen molar-refractivity contribution in [1.82, 2.24) is 4.98 Å². The fourth-order valence-electron chi connectivity index (χ4n) is 2.85. The fourth-order valence-corrected chi connectivity index (χ4v) is 4.86. The van der Waals surface area contributed by atoms with Crippen molar-refractivity contribution < 1.29 is 13.2 Å². The van der Waals surface area contributed by atoms with Crippen molar-refractivity contribution in [3.05, 3.63) is 72.8 Å². The van der Waals surface area contributed by atoms with Crippen LogP contribution in [0, 0.1) is 0 Å². The first-order valence-corrected chi connectivity index (χ1v) is 11.1. The molecule has 0 radical (unpaired) electrons. The Hall–Kier alpha value is -3.23. The maximum Gasteiger partial charge on any atom is 0.261 e. The largest absolute Gasteiger partial charge is 0.326 e. The second-order valence-corrected chi connectivity index (χ2v) is 9.09. The first-order chi connectivity index (χ1) is 13.9. The number of nitrogens with zero attached hydrogens (tertiary/aromatic N) is 1. The lowest BCUT2D eigenvalue weighted by molar-refractivity contribution is -0.114. The summed E-state index contributed by atoms with van der Waals surface area (Å²) in [5.74, 6) is -0.217. The van der Waals surface area contributed by atoms with Gasteiger partial charge in [-0.3, -0.25) is 9.52 Å². The van der Waals surface area contributed by atoms with E-state index >= 15 is 0 Å². The van der Waals surface area contributed by atoms with Crippen LogP contribution in [0.4, 0.5) is 11.4 Å². The van der Waals surface area contributed by atoms with Crippen LogP contribution in [0.2, 0.25) is 0 Å². The molecule has 3 aromatic carbocycles. The van der Waals surface area contributed by atoms with Crippen LogP contribution < -0.4 is 10.0 Å². The molecule has 29 heavy (non-hydrogen) atoms. The number of amides is 1. The van der Waals surface area contributed by atoms with Gasteiger partial charge >= 0.3 is 0 Å². The number of rotatable bonds is 5. The van der Waals surface area contributed by atoms with Crippen molar-refractivity contribution in [2.75, 3.05) is 10.0 Å². The predicted molar refractivity (Wildman–Crippen MR) is 117 cm³/mol. The van der Waals surface area contributed by atoms with Crippen LogP contribution in [0.15, 0.2) is 77.7 Å². The van der Waals surface area contributed by atoms with Crippen molar-refractivity contribution in [3.8, 4) is 10.6 Å². The highest BCUT2D eigenvalue weighted by Crippen LogP contribution is 2.31. The van der Waals surface area contributed by atoms with Crippen LogP contribution in [-0.2, 0) is 14.8 Å². The van der Waals surface area contributed by atoms with Crippen LogP contribution in [-0.4, -0.2) is 19.3 Å². The van der Waals surface area contributed by atoms with Gasteiger partial charge in [-0.1, -0.05) is 24.3 Å². The zero-order valence-electron chi connectivity index (χ0n) is 15.4. The molecule has 8 heteroatoms. The van der Waals surface area contributed by atoms with Crippen LogP contribution in [0.3, 0.4) is 0 Å². The normalized spacial score (nSPS) is 11.3. The molecule has 0 aliphatic carbocycles. The van der Waals surface area contributed by atoms with E-state index in [9.17, 15) is 13.2 Å². The van der Waals surface area contributed by atoms with Crippen molar-refractivity contribution >= 4 is 48.9 Å². The van der Waals surface area contributed by atoms with Crippen LogP contribution in [0.25, 0.3) is 20.8 Å². The summed E-state index contributed by atoms with van der Waals surface area (Å²) in [6, 6.07) is 21.0. The average molecular weight is 424 g/mol. The van der Waals surface area contributed by atoms with E-state index in [1.807, 2.05) is 30.3 Å². The Morgan fingerprint density at radius 1 is 0.931 bits per heavy atom. The van der Waals surface area contributed by atoms with Gasteiger partial charge in [-0.25, -0.2) is 13.4 Å². The molecule has 6 nitrogen and oxygen atoms in total. The van der Waals surface area contributed by atoms with Gasteiger partial charge in [0.2, 0.25) is 5.91 Å². The second kappa shape index (κ2) is 7.65. The van der Waals surface area contributed by atoms with Crippen molar-refractivity contribution in [2.24, 2.45) is 0 Å². The zero-order chi connectivity index (χ0) is 20.4. The summed E-state index contributed by atoms with van der Waals surface area (Å²) in [5, 5.41) is 3.44. The highest BCUT2D eigenvalue weighted by molar-refractivity contribution is 7.92. The maximum absolute atomic E-state index is 12.7. The minimum absolute atomic E-state index is 0.108. The van der Waals surface area contributed by atoms with Gasteiger partial charge in [0.05, 0.1) is 15.1 Å². The molecular formula is C21H17N3O3S2. The van der Waals surface area contributed by atoms with Gasteiger partial charge < -0.3 is 5.32 Å².